The molecule has 0 aromatic carbocycles. The number of nitrogens with zero attached hydrogens (tertiary/aromatic N) is 1. The third-order valence-corrected chi connectivity index (χ3v) is 2.15. The fourth-order valence-electron chi connectivity index (χ4n) is 1.22. The maximum absolute atomic E-state index is 11.4. The van der Waals surface area contributed by atoms with Gasteiger partial charge in [0.25, 0.3) is 0 Å². The van der Waals surface area contributed by atoms with Crippen molar-refractivity contribution in [3.63, 3.8) is 0 Å². The number of ether oxygens (including phenoxy) is 1. The van der Waals surface area contributed by atoms with E-state index in [0.29, 0.717) is 13.0 Å². The summed E-state index contributed by atoms with van der Waals surface area (Å²) in [6.07, 6.45) is 1.96. The normalized spacial score (nSPS) is 19.9. The fraction of sp³-hybridized carbons (Fsp3) is 0.400. The van der Waals surface area contributed by atoms with Gasteiger partial charge in [-0.3, -0.25) is 9.78 Å². The van der Waals surface area contributed by atoms with Gasteiger partial charge in [-0.25, -0.2) is 0 Å². The number of rotatable bonds is 3. The molecular weight excluding hydrogens is 166 g/mol. The van der Waals surface area contributed by atoms with E-state index >= 15 is 0 Å². The number of ketones is 1. The van der Waals surface area contributed by atoms with Crippen molar-refractivity contribution in [1.82, 2.24) is 4.98 Å². The van der Waals surface area contributed by atoms with Gasteiger partial charge in [-0.2, -0.15) is 0 Å². The number of hydrogen-bond acceptors (Lipinski definition) is 3. The molecular formula is C10H11NO2. The monoisotopic (exact) mass is 177 g/mol. The van der Waals surface area contributed by atoms with Gasteiger partial charge < -0.3 is 4.74 Å². The lowest BCUT2D eigenvalue weighted by Gasteiger charge is -2.00. The van der Waals surface area contributed by atoms with E-state index in [-0.39, 0.29) is 11.9 Å². The molecule has 0 saturated carbocycles. The SMILES string of the molecule is Cc1cccnc1CC(=O)C1CO1. The highest BCUT2D eigenvalue weighted by atomic mass is 16.6. The number of carbonyl (C=O) groups excluding carboxylic acids is 1. The van der Waals surface area contributed by atoms with Crippen molar-refractivity contribution >= 4 is 5.78 Å². The number of pyridine rings is 1. The van der Waals surface area contributed by atoms with Gasteiger partial charge in [0.15, 0.2) is 5.78 Å². The standard InChI is InChI=1S/C10H11NO2/c1-7-3-2-4-11-8(7)5-9(12)10-6-13-10/h2-4,10H,5-6H2,1H3. The van der Waals surface area contributed by atoms with Gasteiger partial charge in [0.05, 0.1) is 18.7 Å². The molecule has 1 aliphatic rings. The minimum atomic E-state index is -0.151. The Bertz CT molecular complexity index is 331. The molecule has 0 radical (unpaired) electrons. The van der Waals surface area contributed by atoms with Gasteiger partial charge >= 0.3 is 0 Å². The summed E-state index contributed by atoms with van der Waals surface area (Å²) in [6.45, 7) is 2.55. The molecule has 2 rings (SSSR count). The van der Waals surface area contributed by atoms with Crippen molar-refractivity contribution in [2.45, 2.75) is 19.4 Å². The van der Waals surface area contributed by atoms with Gasteiger partial charge in [-0.15, -0.1) is 0 Å². The number of carbonyl (C=O) groups is 1. The van der Waals surface area contributed by atoms with E-state index in [1.807, 2.05) is 19.1 Å². The highest BCUT2D eigenvalue weighted by Gasteiger charge is 2.31. The summed E-state index contributed by atoms with van der Waals surface area (Å²) in [5, 5.41) is 0. The second-order valence-corrected chi connectivity index (χ2v) is 3.23. The number of Topliss-reactive ketones (excluding diaryl/α,β-unsaturated/α-hetero) is 1. The molecule has 3 heteroatoms. The van der Waals surface area contributed by atoms with Crippen LogP contribution in [0.5, 0.6) is 0 Å². The molecule has 0 spiro atoms. The lowest BCUT2D eigenvalue weighted by molar-refractivity contribution is -0.119. The van der Waals surface area contributed by atoms with E-state index in [0.717, 1.165) is 11.3 Å². The summed E-state index contributed by atoms with van der Waals surface area (Å²) in [7, 11) is 0. The summed E-state index contributed by atoms with van der Waals surface area (Å²) in [5.41, 5.74) is 1.93. The number of hydrogen-bond donors (Lipinski definition) is 0. The third-order valence-electron chi connectivity index (χ3n) is 2.15. The van der Waals surface area contributed by atoms with Crippen LogP contribution in [-0.2, 0) is 16.0 Å². The molecule has 0 N–H and O–H groups in total. The molecule has 68 valence electrons. The zero-order valence-electron chi connectivity index (χ0n) is 7.49. The quantitative estimate of drug-likeness (QED) is 0.644. The summed E-state index contributed by atoms with van der Waals surface area (Å²) < 4.78 is 4.91. The van der Waals surface area contributed by atoms with Crippen molar-refractivity contribution < 1.29 is 9.53 Å². The van der Waals surface area contributed by atoms with Crippen LogP contribution in [0, 0.1) is 6.92 Å². The topological polar surface area (TPSA) is 42.5 Å². The van der Waals surface area contributed by atoms with Crippen LogP contribution in [0.1, 0.15) is 11.3 Å². The zero-order chi connectivity index (χ0) is 9.26. The average molecular weight is 177 g/mol. The van der Waals surface area contributed by atoms with Crippen LogP contribution in [0.25, 0.3) is 0 Å². The molecule has 1 aromatic rings. The summed E-state index contributed by atoms with van der Waals surface area (Å²) in [6, 6.07) is 3.83. The largest absolute Gasteiger partial charge is 0.365 e. The zero-order valence-corrected chi connectivity index (χ0v) is 7.49. The molecule has 2 heterocycles. The Kier molecular flexibility index (Phi) is 2.10. The summed E-state index contributed by atoms with van der Waals surface area (Å²) in [5.74, 6) is 0.141. The summed E-state index contributed by atoms with van der Waals surface area (Å²) in [4.78, 5) is 15.5. The van der Waals surface area contributed by atoms with Crippen molar-refractivity contribution in [3.05, 3.63) is 29.6 Å². The van der Waals surface area contributed by atoms with Crippen molar-refractivity contribution in [1.29, 1.82) is 0 Å². The molecule has 0 amide bonds. The van der Waals surface area contributed by atoms with E-state index in [4.69, 9.17) is 4.74 Å². The molecule has 1 atom stereocenters. The summed E-state index contributed by atoms with van der Waals surface area (Å²) >= 11 is 0. The Morgan fingerprint density at radius 2 is 2.54 bits per heavy atom. The number of aryl methyl sites for hydroxylation is 1. The van der Waals surface area contributed by atoms with Gasteiger partial charge in [-0.1, -0.05) is 6.07 Å². The van der Waals surface area contributed by atoms with E-state index in [1.165, 1.54) is 0 Å². The predicted molar refractivity (Wildman–Crippen MR) is 47.4 cm³/mol. The Morgan fingerprint density at radius 3 is 3.15 bits per heavy atom. The van der Waals surface area contributed by atoms with E-state index in [2.05, 4.69) is 4.98 Å². The molecule has 13 heavy (non-hydrogen) atoms. The minimum absolute atomic E-state index is 0.141. The lowest BCUT2D eigenvalue weighted by Crippen LogP contribution is -2.11. The van der Waals surface area contributed by atoms with Gasteiger partial charge in [0, 0.05) is 6.20 Å². The van der Waals surface area contributed by atoms with E-state index in [9.17, 15) is 4.79 Å². The van der Waals surface area contributed by atoms with Crippen LogP contribution < -0.4 is 0 Å². The van der Waals surface area contributed by atoms with Crippen molar-refractivity contribution in [3.8, 4) is 0 Å². The highest BCUT2D eigenvalue weighted by molar-refractivity contribution is 5.86. The fourth-order valence-corrected chi connectivity index (χ4v) is 1.22. The second kappa shape index (κ2) is 3.26. The first-order valence-electron chi connectivity index (χ1n) is 4.32. The number of aromatic nitrogens is 1. The van der Waals surface area contributed by atoms with Gasteiger partial charge in [0.2, 0.25) is 0 Å². The van der Waals surface area contributed by atoms with Crippen LogP contribution in [0.15, 0.2) is 18.3 Å². The van der Waals surface area contributed by atoms with E-state index in [1.54, 1.807) is 6.20 Å². The average Bonchev–Trinajstić information content (AvgIpc) is 2.91. The van der Waals surface area contributed by atoms with Gasteiger partial charge in [0.1, 0.15) is 6.10 Å². The van der Waals surface area contributed by atoms with Crippen molar-refractivity contribution in [2.24, 2.45) is 0 Å². The smallest absolute Gasteiger partial charge is 0.169 e. The minimum Gasteiger partial charge on any atom is -0.365 e. The van der Waals surface area contributed by atoms with Crippen molar-refractivity contribution in [2.75, 3.05) is 6.61 Å². The molecule has 1 aromatic heterocycles. The molecule has 1 unspecified atom stereocenters. The van der Waals surface area contributed by atoms with Crippen LogP contribution in [0.3, 0.4) is 0 Å². The highest BCUT2D eigenvalue weighted by Crippen LogP contribution is 2.14. The van der Waals surface area contributed by atoms with Crippen LogP contribution >= 0.6 is 0 Å². The van der Waals surface area contributed by atoms with Gasteiger partial charge in [-0.05, 0) is 18.6 Å². The van der Waals surface area contributed by atoms with Crippen LogP contribution in [-0.4, -0.2) is 23.5 Å². The van der Waals surface area contributed by atoms with Crippen LogP contribution in [0.4, 0.5) is 0 Å². The lowest BCUT2D eigenvalue weighted by atomic mass is 10.1. The molecule has 1 aliphatic heterocycles. The van der Waals surface area contributed by atoms with Crippen LogP contribution in [0.2, 0.25) is 0 Å². The third kappa shape index (κ3) is 1.92. The molecule has 1 saturated heterocycles. The maximum Gasteiger partial charge on any atom is 0.169 e. The Morgan fingerprint density at radius 1 is 1.77 bits per heavy atom. The maximum atomic E-state index is 11.4. The Labute approximate surface area is 76.7 Å². The number of epoxide rings is 1. The first-order chi connectivity index (χ1) is 6.27. The molecule has 1 fully saturated rings. The second-order valence-electron chi connectivity index (χ2n) is 3.23. The first-order valence-corrected chi connectivity index (χ1v) is 4.32. The molecule has 3 nitrogen and oxygen atoms in total. The Hall–Kier alpha value is -1.22. The predicted octanol–water partition coefficient (Wildman–Crippen LogP) is 0.900. The molecule has 0 bridgehead atoms. The van der Waals surface area contributed by atoms with E-state index < -0.39 is 0 Å². The Balaban J connectivity index is 2.08. The molecule has 0 aliphatic carbocycles. The first kappa shape index (κ1) is 8.38.